The topological polar surface area (TPSA) is 67.2 Å². The van der Waals surface area contributed by atoms with Crippen molar-refractivity contribution in [3.8, 4) is 0 Å². The number of imidazole rings is 1. The van der Waals surface area contributed by atoms with Gasteiger partial charge in [0.25, 0.3) is 0 Å². The molecular formula is C14H17N3O2. The van der Waals surface area contributed by atoms with Gasteiger partial charge in [0.1, 0.15) is 5.82 Å². The van der Waals surface area contributed by atoms with Gasteiger partial charge in [-0.25, -0.2) is 9.78 Å². The second kappa shape index (κ2) is 5.14. The Morgan fingerprint density at radius 3 is 2.79 bits per heavy atom. The maximum Gasteiger partial charge on any atom is 0.335 e. The first kappa shape index (κ1) is 13.1. The number of hydrogen-bond donors (Lipinski definition) is 2. The summed E-state index contributed by atoms with van der Waals surface area (Å²) in [6.45, 7) is 3.94. The molecule has 0 fully saturated rings. The molecule has 1 atom stereocenters. The van der Waals surface area contributed by atoms with Crippen molar-refractivity contribution in [3.05, 3.63) is 47.5 Å². The number of aryl methyl sites for hydroxylation is 2. The SMILES string of the molecule is Cc1ccc(C(=O)O)cc1NC(C)c1nccn1C. The number of benzene rings is 1. The summed E-state index contributed by atoms with van der Waals surface area (Å²) in [6.07, 6.45) is 3.63. The standard InChI is InChI=1S/C14H17N3O2/c1-9-4-5-11(14(18)19)8-12(9)16-10(2)13-15-6-7-17(13)3/h4-8,10,16H,1-3H3,(H,18,19). The van der Waals surface area contributed by atoms with Crippen LogP contribution in [0.1, 0.15) is 34.7 Å². The van der Waals surface area contributed by atoms with E-state index in [1.54, 1.807) is 24.4 Å². The number of aromatic carboxylic acids is 1. The van der Waals surface area contributed by atoms with Crippen LogP contribution in [0.25, 0.3) is 0 Å². The van der Waals surface area contributed by atoms with E-state index in [9.17, 15) is 4.79 Å². The van der Waals surface area contributed by atoms with E-state index in [1.807, 2.05) is 31.7 Å². The Morgan fingerprint density at radius 1 is 1.47 bits per heavy atom. The predicted octanol–water partition coefficient (Wildman–Crippen LogP) is 2.60. The fourth-order valence-electron chi connectivity index (χ4n) is 2.00. The zero-order chi connectivity index (χ0) is 14.0. The van der Waals surface area contributed by atoms with E-state index in [1.165, 1.54) is 0 Å². The van der Waals surface area contributed by atoms with Gasteiger partial charge in [0, 0.05) is 25.1 Å². The molecule has 1 aromatic heterocycles. The Bertz CT molecular complexity index is 604. The molecule has 1 aromatic carbocycles. The molecule has 2 rings (SSSR count). The van der Waals surface area contributed by atoms with Gasteiger partial charge >= 0.3 is 5.97 Å². The molecule has 5 heteroatoms. The highest BCUT2D eigenvalue weighted by Gasteiger charge is 2.12. The van der Waals surface area contributed by atoms with Crippen LogP contribution in [0.3, 0.4) is 0 Å². The number of hydrogen-bond acceptors (Lipinski definition) is 3. The molecule has 100 valence electrons. The lowest BCUT2D eigenvalue weighted by Crippen LogP contribution is -2.13. The average molecular weight is 259 g/mol. The number of rotatable bonds is 4. The van der Waals surface area contributed by atoms with Gasteiger partial charge in [0.05, 0.1) is 11.6 Å². The fraction of sp³-hybridized carbons (Fsp3) is 0.286. The number of nitrogens with zero attached hydrogens (tertiary/aromatic N) is 2. The van der Waals surface area contributed by atoms with Crippen molar-refractivity contribution in [1.82, 2.24) is 9.55 Å². The highest BCUT2D eigenvalue weighted by Crippen LogP contribution is 2.22. The van der Waals surface area contributed by atoms with Crippen LogP contribution in [-0.4, -0.2) is 20.6 Å². The molecule has 0 saturated carbocycles. The van der Waals surface area contributed by atoms with Crippen molar-refractivity contribution >= 4 is 11.7 Å². The van der Waals surface area contributed by atoms with Crippen molar-refractivity contribution in [3.63, 3.8) is 0 Å². The molecule has 0 radical (unpaired) electrons. The second-order valence-corrected chi connectivity index (χ2v) is 4.60. The van der Waals surface area contributed by atoms with Crippen LogP contribution in [0.15, 0.2) is 30.6 Å². The van der Waals surface area contributed by atoms with Gasteiger partial charge in [0.15, 0.2) is 0 Å². The molecule has 2 aromatic rings. The van der Waals surface area contributed by atoms with Crippen molar-refractivity contribution in [1.29, 1.82) is 0 Å². The van der Waals surface area contributed by atoms with Gasteiger partial charge in [-0.1, -0.05) is 6.07 Å². The Hall–Kier alpha value is -2.30. The van der Waals surface area contributed by atoms with Gasteiger partial charge in [-0.05, 0) is 31.5 Å². The Morgan fingerprint density at radius 2 is 2.21 bits per heavy atom. The number of nitrogens with one attached hydrogen (secondary N) is 1. The minimum atomic E-state index is -0.923. The molecule has 0 spiro atoms. The number of carboxylic acids is 1. The first-order valence-corrected chi connectivity index (χ1v) is 6.06. The summed E-state index contributed by atoms with van der Waals surface area (Å²) in [5.74, 6) is -0.0205. The van der Waals surface area contributed by atoms with E-state index in [2.05, 4.69) is 10.3 Å². The molecule has 5 nitrogen and oxygen atoms in total. The van der Waals surface area contributed by atoms with Crippen LogP contribution < -0.4 is 5.32 Å². The van der Waals surface area contributed by atoms with E-state index in [0.717, 1.165) is 17.1 Å². The van der Waals surface area contributed by atoms with E-state index < -0.39 is 5.97 Å². The molecule has 2 N–H and O–H groups in total. The van der Waals surface area contributed by atoms with E-state index in [0.29, 0.717) is 0 Å². The number of anilines is 1. The summed E-state index contributed by atoms with van der Waals surface area (Å²) in [7, 11) is 1.93. The lowest BCUT2D eigenvalue weighted by atomic mass is 10.1. The molecule has 0 amide bonds. The van der Waals surface area contributed by atoms with Crippen LogP contribution in [0, 0.1) is 6.92 Å². The van der Waals surface area contributed by atoms with Crippen molar-refractivity contribution in [2.24, 2.45) is 7.05 Å². The van der Waals surface area contributed by atoms with Crippen LogP contribution in [-0.2, 0) is 7.05 Å². The second-order valence-electron chi connectivity index (χ2n) is 4.60. The highest BCUT2D eigenvalue weighted by atomic mass is 16.4. The van der Waals surface area contributed by atoms with Crippen molar-refractivity contribution in [2.45, 2.75) is 19.9 Å². The molecule has 0 saturated heterocycles. The summed E-state index contributed by atoms with van der Waals surface area (Å²) >= 11 is 0. The number of carboxylic acid groups (broad SMARTS) is 1. The molecule has 0 aliphatic rings. The third-order valence-corrected chi connectivity index (χ3v) is 3.10. The average Bonchev–Trinajstić information content (AvgIpc) is 2.78. The zero-order valence-corrected chi connectivity index (χ0v) is 11.2. The lowest BCUT2D eigenvalue weighted by Gasteiger charge is -2.17. The van der Waals surface area contributed by atoms with Crippen LogP contribution in [0.2, 0.25) is 0 Å². The summed E-state index contributed by atoms with van der Waals surface area (Å²) in [6, 6.07) is 5.06. The molecule has 19 heavy (non-hydrogen) atoms. The predicted molar refractivity (Wildman–Crippen MR) is 73.4 cm³/mol. The van der Waals surface area contributed by atoms with E-state index in [-0.39, 0.29) is 11.6 Å². The molecular weight excluding hydrogens is 242 g/mol. The number of aromatic nitrogens is 2. The molecule has 0 bridgehead atoms. The quantitative estimate of drug-likeness (QED) is 0.885. The van der Waals surface area contributed by atoms with Gasteiger partial charge in [-0.2, -0.15) is 0 Å². The monoisotopic (exact) mass is 259 g/mol. The summed E-state index contributed by atoms with van der Waals surface area (Å²) in [5, 5.41) is 12.3. The van der Waals surface area contributed by atoms with Crippen LogP contribution in [0.4, 0.5) is 5.69 Å². The summed E-state index contributed by atoms with van der Waals surface area (Å²) < 4.78 is 1.94. The summed E-state index contributed by atoms with van der Waals surface area (Å²) in [4.78, 5) is 15.3. The lowest BCUT2D eigenvalue weighted by molar-refractivity contribution is 0.0697. The first-order chi connectivity index (χ1) is 8.99. The first-order valence-electron chi connectivity index (χ1n) is 6.06. The van der Waals surface area contributed by atoms with Crippen LogP contribution in [0.5, 0.6) is 0 Å². The highest BCUT2D eigenvalue weighted by molar-refractivity contribution is 5.89. The normalized spacial score (nSPS) is 12.2. The zero-order valence-electron chi connectivity index (χ0n) is 11.2. The Labute approximate surface area is 111 Å². The molecule has 1 unspecified atom stereocenters. The fourth-order valence-corrected chi connectivity index (χ4v) is 2.00. The van der Waals surface area contributed by atoms with Crippen molar-refractivity contribution < 1.29 is 9.90 Å². The molecule has 0 aliphatic carbocycles. The molecule has 1 heterocycles. The number of carbonyl (C=O) groups is 1. The molecule has 0 aliphatic heterocycles. The maximum atomic E-state index is 11.0. The Balaban J connectivity index is 2.26. The van der Waals surface area contributed by atoms with E-state index >= 15 is 0 Å². The third kappa shape index (κ3) is 2.76. The van der Waals surface area contributed by atoms with Crippen LogP contribution >= 0.6 is 0 Å². The van der Waals surface area contributed by atoms with Gasteiger partial charge < -0.3 is 15.0 Å². The van der Waals surface area contributed by atoms with Gasteiger partial charge in [-0.3, -0.25) is 0 Å². The van der Waals surface area contributed by atoms with Crippen molar-refractivity contribution in [2.75, 3.05) is 5.32 Å². The van der Waals surface area contributed by atoms with Gasteiger partial charge in [0.2, 0.25) is 0 Å². The summed E-state index contributed by atoms with van der Waals surface area (Å²) in [5.41, 5.74) is 2.10. The smallest absolute Gasteiger partial charge is 0.335 e. The minimum Gasteiger partial charge on any atom is -0.478 e. The largest absolute Gasteiger partial charge is 0.478 e. The van der Waals surface area contributed by atoms with E-state index in [4.69, 9.17) is 5.11 Å². The minimum absolute atomic E-state index is 0.00254. The third-order valence-electron chi connectivity index (χ3n) is 3.10. The maximum absolute atomic E-state index is 11.0. The Kier molecular flexibility index (Phi) is 3.55. The van der Waals surface area contributed by atoms with Gasteiger partial charge in [-0.15, -0.1) is 0 Å².